The quantitative estimate of drug-likeness (QED) is 0.817. The Morgan fingerprint density at radius 1 is 1.47 bits per heavy atom. The highest BCUT2D eigenvalue weighted by Gasteiger charge is 2.17. The van der Waals surface area contributed by atoms with Crippen molar-refractivity contribution in [3.05, 3.63) is 34.2 Å². The number of hydrogen-bond donors (Lipinski definition) is 2. The number of rotatable bonds is 2. The van der Waals surface area contributed by atoms with Crippen LogP contribution >= 0.6 is 0 Å². The van der Waals surface area contributed by atoms with Gasteiger partial charge < -0.3 is 10.3 Å². The van der Waals surface area contributed by atoms with Gasteiger partial charge in [0.15, 0.2) is 0 Å². The molecule has 1 aliphatic rings. The molecule has 2 N–H and O–H groups in total. The molecule has 1 unspecified atom stereocenters. The third-order valence-corrected chi connectivity index (χ3v) is 3.53. The van der Waals surface area contributed by atoms with E-state index in [0.717, 1.165) is 37.1 Å². The molecule has 4 nitrogen and oxygen atoms in total. The zero-order valence-corrected chi connectivity index (χ0v) is 9.99. The number of aryl methyl sites for hydroxylation is 1. The van der Waals surface area contributed by atoms with Gasteiger partial charge in [0.25, 0.3) is 0 Å². The summed E-state index contributed by atoms with van der Waals surface area (Å²) < 4.78 is 1.87. The molecule has 0 amide bonds. The van der Waals surface area contributed by atoms with Crippen LogP contribution in [-0.2, 0) is 6.54 Å². The van der Waals surface area contributed by atoms with Gasteiger partial charge >= 0.3 is 5.69 Å². The van der Waals surface area contributed by atoms with Crippen LogP contribution in [0.3, 0.4) is 0 Å². The molecule has 2 heterocycles. The van der Waals surface area contributed by atoms with Gasteiger partial charge in [-0.3, -0.25) is 4.57 Å². The van der Waals surface area contributed by atoms with Crippen molar-refractivity contribution in [2.45, 2.75) is 19.9 Å². The minimum absolute atomic E-state index is 0.0116. The number of fused-ring (bicyclic) bond motifs is 1. The lowest BCUT2D eigenvalue weighted by molar-refractivity contribution is 0.481. The lowest BCUT2D eigenvalue weighted by atomic mass is 10.1. The average Bonchev–Trinajstić information content (AvgIpc) is 2.88. The predicted molar refractivity (Wildman–Crippen MR) is 68.3 cm³/mol. The zero-order valence-electron chi connectivity index (χ0n) is 9.99. The fourth-order valence-electron chi connectivity index (χ4n) is 2.59. The van der Waals surface area contributed by atoms with E-state index in [1.54, 1.807) is 0 Å². The molecule has 1 aromatic heterocycles. The smallest absolute Gasteiger partial charge is 0.316 e. The predicted octanol–water partition coefficient (Wildman–Crippen LogP) is 1.25. The molecule has 1 aliphatic heterocycles. The van der Waals surface area contributed by atoms with E-state index < -0.39 is 0 Å². The summed E-state index contributed by atoms with van der Waals surface area (Å²) in [6.45, 7) is 4.94. The number of imidazole rings is 1. The van der Waals surface area contributed by atoms with Crippen molar-refractivity contribution in [3.8, 4) is 0 Å². The summed E-state index contributed by atoms with van der Waals surface area (Å²) in [5.41, 5.74) is 3.15. The van der Waals surface area contributed by atoms with Crippen molar-refractivity contribution in [1.29, 1.82) is 0 Å². The van der Waals surface area contributed by atoms with Gasteiger partial charge in [-0.1, -0.05) is 6.07 Å². The third-order valence-electron chi connectivity index (χ3n) is 3.53. The van der Waals surface area contributed by atoms with E-state index in [0.29, 0.717) is 5.92 Å². The van der Waals surface area contributed by atoms with Crippen LogP contribution in [0.15, 0.2) is 23.0 Å². The Morgan fingerprint density at radius 2 is 2.35 bits per heavy atom. The van der Waals surface area contributed by atoms with E-state index in [1.165, 1.54) is 5.56 Å². The van der Waals surface area contributed by atoms with Gasteiger partial charge in [-0.15, -0.1) is 0 Å². The summed E-state index contributed by atoms with van der Waals surface area (Å²) in [5.74, 6) is 0.577. The first-order chi connectivity index (χ1) is 8.24. The van der Waals surface area contributed by atoms with E-state index >= 15 is 0 Å². The normalized spacial score (nSPS) is 20.2. The molecule has 3 rings (SSSR count). The fraction of sp³-hybridized carbons (Fsp3) is 0.462. The number of aromatic amines is 1. The van der Waals surface area contributed by atoms with Crippen LogP contribution in [0.2, 0.25) is 0 Å². The molecule has 1 fully saturated rings. The molecule has 4 heteroatoms. The van der Waals surface area contributed by atoms with Crippen LogP contribution in [0.1, 0.15) is 12.0 Å². The summed E-state index contributed by atoms with van der Waals surface area (Å²) in [4.78, 5) is 14.9. The van der Waals surface area contributed by atoms with Crippen LogP contribution in [0.25, 0.3) is 11.0 Å². The number of nitrogens with zero attached hydrogens (tertiary/aromatic N) is 1. The second-order valence-corrected chi connectivity index (χ2v) is 4.92. The molecule has 1 saturated heterocycles. The van der Waals surface area contributed by atoms with E-state index in [2.05, 4.69) is 16.4 Å². The Labute approximate surface area is 99.6 Å². The van der Waals surface area contributed by atoms with Crippen LogP contribution in [-0.4, -0.2) is 22.6 Å². The molecular formula is C13H17N3O. The largest absolute Gasteiger partial charge is 0.326 e. The maximum Gasteiger partial charge on any atom is 0.326 e. The van der Waals surface area contributed by atoms with E-state index in [-0.39, 0.29) is 5.69 Å². The lowest BCUT2D eigenvalue weighted by Gasteiger charge is -2.09. The summed E-state index contributed by atoms with van der Waals surface area (Å²) in [6, 6.07) is 6.12. The molecule has 0 spiro atoms. The summed E-state index contributed by atoms with van der Waals surface area (Å²) in [7, 11) is 0. The highest BCUT2D eigenvalue weighted by molar-refractivity contribution is 5.75. The van der Waals surface area contributed by atoms with Crippen molar-refractivity contribution in [1.82, 2.24) is 14.9 Å². The first kappa shape index (κ1) is 10.6. The fourth-order valence-corrected chi connectivity index (χ4v) is 2.59. The van der Waals surface area contributed by atoms with Crippen molar-refractivity contribution >= 4 is 11.0 Å². The molecule has 0 bridgehead atoms. The highest BCUT2D eigenvalue weighted by Crippen LogP contribution is 2.16. The number of benzene rings is 1. The summed E-state index contributed by atoms with van der Waals surface area (Å²) >= 11 is 0. The molecule has 0 aliphatic carbocycles. The molecule has 2 aromatic rings. The van der Waals surface area contributed by atoms with Gasteiger partial charge in [0.2, 0.25) is 0 Å². The summed E-state index contributed by atoms with van der Waals surface area (Å²) in [6.07, 6.45) is 1.16. The minimum atomic E-state index is 0.0116. The molecule has 1 aromatic carbocycles. The maximum atomic E-state index is 11.9. The second kappa shape index (κ2) is 4.04. The topological polar surface area (TPSA) is 49.8 Å². The van der Waals surface area contributed by atoms with Crippen LogP contribution < -0.4 is 11.0 Å². The van der Waals surface area contributed by atoms with Gasteiger partial charge in [0.05, 0.1) is 11.0 Å². The Balaban J connectivity index is 2.02. The Morgan fingerprint density at radius 3 is 3.12 bits per heavy atom. The standard InChI is InChI=1S/C13H17N3O/c1-9-2-3-12-11(6-9)15-13(17)16(12)8-10-4-5-14-7-10/h2-3,6,10,14H,4-5,7-8H2,1H3,(H,15,17). The number of hydrogen-bond acceptors (Lipinski definition) is 2. The van der Waals surface area contributed by atoms with Gasteiger partial charge in [-0.25, -0.2) is 4.79 Å². The zero-order chi connectivity index (χ0) is 11.8. The Hall–Kier alpha value is -1.55. The van der Waals surface area contributed by atoms with Crippen LogP contribution in [0.4, 0.5) is 0 Å². The SMILES string of the molecule is Cc1ccc2c(c1)[nH]c(=O)n2CC1CCNC1. The molecule has 17 heavy (non-hydrogen) atoms. The monoisotopic (exact) mass is 231 g/mol. The molecule has 0 saturated carbocycles. The second-order valence-electron chi connectivity index (χ2n) is 4.92. The third kappa shape index (κ3) is 1.89. The van der Waals surface area contributed by atoms with Crippen molar-refractivity contribution in [2.75, 3.05) is 13.1 Å². The molecule has 0 radical (unpaired) electrons. The number of aromatic nitrogens is 2. The summed E-state index contributed by atoms with van der Waals surface area (Å²) in [5, 5.41) is 3.34. The van der Waals surface area contributed by atoms with Gasteiger partial charge in [0.1, 0.15) is 0 Å². The number of H-pyrrole nitrogens is 1. The molecule has 1 atom stereocenters. The van der Waals surface area contributed by atoms with Crippen molar-refractivity contribution in [3.63, 3.8) is 0 Å². The molecular weight excluding hydrogens is 214 g/mol. The van der Waals surface area contributed by atoms with Gasteiger partial charge in [-0.2, -0.15) is 0 Å². The average molecular weight is 231 g/mol. The van der Waals surface area contributed by atoms with Crippen molar-refractivity contribution in [2.24, 2.45) is 5.92 Å². The van der Waals surface area contributed by atoms with E-state index in [9.17, 15) is 4.79 Å². The maximum absolute atomic E-state index is 11.9. The van der Waals surface area contributed by atoms with E-state index in [4.69, 9.17) is 0 Å². The van der Waals surface area contributed by atoms with Gasteiger partial charge in [0, 0.05) is 6.54 Å². The minimum Gasteiger partial charge on any atom is -0.316 e. The molecule has 90 valence electrons. The highest BCUT2D eigenvalue weighted by atomic mass is 16.1. The first-order valence-electron chi connectivity index (χ1n) is 6.14. The number of nitrogens with one attached hydrogen (secondary N) is 2. The van der Waals surface area contributed by atoms with Gasteiger partial charge in [-0.05, 0) is 50.0 Å². The van der Waals surface area contributed by atoms with Crippen LogP contribution in [0, 0.1) is 12.8 Å². The van der Waals surface area contributed by atoms with Crippen LogP contribution in [0.5, 0.6) is 0 Å². The lowest BCUT2D eigenvalue weighted by Crippen LogP contribution is -2.22. The first-order valence-corrected chi connectivity index (χ1v) is 6.14. The Bertz CT molecular complexity index is 590. The Kier molecular flexibility index (Phi) is 2.52. The van der Waals surface area contributed by atoms with Crippen molar-refractivity contribution < 1.29 is 0 Å². The van der Waals surface area contributed by atoms with E-state index in [1.807, 2.05) is 23.6 Å².